The third-order valence-electron chi connectivity index (χ3n) is 2.12. The van der Waals surface area contributed by atoms with Crippen LogP contribution in [0.1, 0.15) is 5.56 Å². The second kappa shape index (κ2) is 5.07. The van der Waals surface area contributed by atoms with Crippen molar-refractivity contribution >= 4 is 25.7 Å². The molecule has 0 bridgehead atoms. The maximum absolute atomic E-state index is 11.6. The summed E-state index contributed by atoms with van der Waals surface area (Å²) < 4.78 is 51.5. The van der Waals surface area contributed by atoms with Gasteiger partial charge in [-0.3, -0.25) is 0 Å². The average molecular weight is 304 g/mol. The molecule has 0 aliphatic heterocycles. The summed E-state index contributed by atoms with van der Waals surface area (Å²) in [6.07, 6.45) is 1.50. The van der Waals surface area contributed by atoms with E-state index in [4.69, 9.17) is 10.00 Å². The molecule has 0 saturated heterocycles. The maximum atomic E-state index is 11.6. The summed E-state index contributed by atoms with van der Waals surface area (Å²) in [6, 6.07) is 5.59. The number of rotatable bonds is 4. The largest absolute Gasteiger partial charge is 0.497 e. The molecule has 0 radical (unpaired) electrons. The van der Waals surface area contributed by atoms with Crippen molar-refractivity contribution in [2.45, 2.75) is 0 Å². The highest BCUT2D eigenvalue weighted by Crippen LogP contribution is 2.28. The molecule has 0 heterocycles. The summed E-state index contributed by atoms with van der Waals surface area (Å²) in [5.41, 5.74) is -0.344. The molecule has 1 aromatic carbocycles. The van der Waals surface area contributed by atoms with Crippen LogP contribution >= 0.6 is 0 Å². The molecule has 0 fully saturated rings. The Kier molecular flexibility index (Phi) is 4.07. The Morgan fingerprint density at radius 3 is 2.05 bits per heavy atom. The topological polar surface area (TPSA) is 105 Å². The SMILES string of the molecule is COc1ccc(N(S(C)(=O)=O)S(C)(=O)=O)c(C#N)c1. The fraction of sp³-hybridized carbons (Fsp3) is 0.300. The van der Waals surface area contributed by atoms with Gasteiger partial charge in [-0.2, -0.15) is 8.97 Å². The molecule has 0 aliphatic carbocycles. The third-order valence-corrected chi connectivity index (χ3v) is 5.35. The summed E-state index contributed by atoms with van der Waals surface area (Å²) in [5, 5.41) is 9.00. The molecule has 9 heteroatoms. The van der Waals surface area contributed by atoms with Crippen LogP contribution in [0.2, 0.25) is 0 Å². The van der Waals surface area contributed by atoms with Crippen LogP contribution in [-0.2, 0) is 20.0 Å². The number of ether oxygens (including phenoxy) is 1. The molecule has 1 aromatic rings. The highest BCUT2D eigenvalue weighted by molar-refractivity contribution is 8.09. The molecule has 0 aromatic heterocycles. The van der Waals surface area contributed by atoms with Crippen molar-refractivity contribution < 1.29 is 21.6 Å². The van der Waals surface area contributed by atoms with Crippen LogP contribution in [-0.4, -0.2) is 36.5 Å². The second-order valence-corrected chi connectivity index (χ2v) is 7.61. The van der Waals surface area contributed by atoms with E-state index in [0.29, 0.717) is 5.75 Å². The molecule has 0 aliphatic rings. The van der Waals surface area contributed by atoms with Gasteiger partial charge in [0.2, 0.25) is 20.0 Å². The number of hydrogen-bond acceptors (Lipinski definition) is 6. The van der Waals surface area contributed by atoms with E-state index < -0.39 is 20.0 Å². The van der Waals surface area contributed by atoms with Crippen molar-refractivity contribution in [3.05, 3.63) is 23.8 Å². The molecule has 0 saturated carbocycles. The molecule has 19 heavy (non-hydrogen) atoms. The Morgan fingerprint density at radius 2 is 1.68 bits per heavy atom. The smallest absolute Gasteiger partial charge is 0.245 e. The second-order valence-electron chi connectivity index (χ2n) is 3.72. The van der Waals surface area contributed by atoms with E-state index in [1.165, 1.54) is 25.3 Å². The molecule has 0 unspecified atom stereocenters. The number of sulfonamides is 2. The van der Waals surface area contributed by atoms with Crippen LogP contribution < -0.4 is 8.45 Å². The zero-order chi connectivity index (χ0) is 14.8. The Labute approximate surface area is 112 Å². The van der Waals surface area contributed by atoms with Gasteiger partial charge in [0.25, 0.3) is 0 Å². The summed E-state index contributed by atoms with van der Waals surface area (Å²) >= 11 is 0. The first kappa shape index (κ1) is 15.3. The molecular formula is C10H12N2O5S2. The molecule has 7 nitrogen and oxygen atoms in total. The van der Waals surface area contributed by atoms with Gasteiger partial charge in [-0.05, 0) is 12.1 Å². The maximum Gasteiger partial charge on any atom is 0.245 e. The van der Waals surface area contributed by atoms with Gasteiger partial charge in [-0.1, -0.05) is 0 Å². The number of nitriles is 1. The zero-order valence-corrected chi connectivity index (χ0v) is 12.1. The molecule has 1 rings (SSSR count). The number of nitrogens with zero attached hydrogens (tertiary/aromatic N) is 2. The van der Waals surface area contributed by atoms with Gasteiger partial charge in [0.15, 0.2) is 0 Å². The quantitative estimate of drug-likeness (QED) is 0.792. The first-order valence-electron chi connectivity index (χ1n) is 4.90. The third kappa shape index (κ3) is 3.36. The van der Waals surface area contributed by atoms with Crippen LogP contribution in [0.25, 0.3) is 0 Å². The first-order valence-corrected chi connectivity index (χ1v) is 8.59. The number of methoxy groups -OCH3 is 1. The lowest BCUT2D eigenvalue weighted by atomic mass is 10.2. The van der Waals surface area contributed by atoms with Crippen LogP contribution in [0.15, 0.2) is 18.2 Å². The van der Waals surface area contributed by atoms with Gasteiger partial charge in [0, 0.05) is 6.07 Å². The zero-order valence-electron chi connectivity index (χ0n) is 10.5. The van der Waals surface area contributed by atoms with E-state index in [-0.39, 0.29) is 15.0 Å². The van der Waals surface area contributed by atoms with Crippen LogP contribution in [0.4, 0.5) is 5.69 Å². The first-order chi connectivity index (χ1) is 8.61. The number of anilines is 1. The molecule has 0 amide bonds. The Bertz CT molecular complexity index is 700. The van der Waals surface area contributed by atoms with Crippen LogP contribution in [0.3, 0.4) is 0 Å². The normalized spacial score (nSPS) is 11.7. The van der Waals surface area contributed by atoms with Gasteiger partial charge in [-0.25, -0.2) is 16.8 Å². The molecule has 104 valence electrons. The lowest BCUT2D eigenvalue weighted by Crippen LogP contribution is -2.35. The van der Waals surface area contributed by atoms with E-state index in [1.54, 1.807) is 6.07 Å². The standard InChI is InChI=1S/C10H12N2O5S2/c1-17-9-4-5-10(8(6-9)7-11)12(18(2,13)14)19(3,15)16/h4-6H,1-3H3. The van der Waals surface area contributed by atoms with Gasteiger partial charge < -0.3 is 4.74 Å². The van der Waals surface area contributed by atoms with E-state index in [1.807, 2.05) is 0 Å². The Hall–Kier alpha value is -1.79. The predicted octanol–water partition coefficient (Wildman–Crippen LogP) is 0.292. The van der Waals surface area contributed by atoms with Crippen molar-refractivity contribution in [1.29, 1.82) is 5.26 Å². The van der Waals surface area contributed by atoms with E-state index in [9.17, 15) is 16.8 Å². The summed E-state index contributed by atoms with van der Waals surface area (Å²) in [6.45, 7) is 0. The Morgan fingerprint density at radius 1 is 1.16 bits per heavy atom. The fourth-order valence-corrected chi connectivity index (χ4v) is 4.49. The van der Waals surface area contributed by atoms with Crippen molar-refractivity contribution in [3.8, 4) is 11.8 Å². The van der Waals surface area contributed by atoms with Gasteiger partial charge >= 0.3 is 0 Å². The number of hydrogen-bond donors (Lipinski definition) is 0. The summed E-state index contributed by atoms with van der Waals surface area (Å²) in [7, 11) is -6.77. The van der Waals surface area contributed by atoms with E-state index >= 15 is 0 Å². The lowest BCUT2D eigenvalue weighted by Gasteiger charge is -2.20. The van der Waals surface area contributed by atoms with E-state index in [2.05, 4.69) is 0 Å². The lowest BCUT2D eigenvalue weighted by molar-refractivity contribution is 0.414. The minimum atomic E-state index is -4.07. The van der Waals surface area contributed by atoms with Crippen LogP contribution in [0, 0.1) is 11.3 Å². The predicted molar refractivity (Wildman–Crippen MR) is 69.9 cm³/mol. The molecule has 0 atom stereocenters. The van der Waals surface area contributed by atoms with E-state index in [0.717, 1.165) is 12.5 Å². The monoisotopic (exact) mass is 304 g/mol. The minimum absolute atomic E-state index is 0.116. The Balaban J connectivity index is 3.63. The van der Waals surface area contributed by atoms with Gasteiger partial charge in [0.1, 0.15) is 11.8 Å². The molecule has 0 N–H and O–H groups in total. The summed E-state index contributed by atoms with van der Waals surface area (Å²) in [5.74, 6) is 0.322. The number of benzene rings is 1. The van der Waals surface area contributed by atoms with Gasteiger partial charge in [0.05, 0.1) is 30.9 Å². The molecular weight excluding hydrogens is 292 g/mol. The average Bonchev–Trinajstić information content (AvgIpc) is 2.25. The minimum Gasteiger partial charge on any atom is -0.497 e. The van der Waals surface area contributed by atoms with Crippen molar-refractivity contribution in [3.63, 3.8) is 0 Å². The van der Waals surface area contributed by atoms with Crippen molar-refractivity contribution in [1.82, 2.24) is 0 Å². The van der Waals surface area contributed by atoms with Crippen molar-refractivity contribution in [2.75, 3.05) is 23.3 Å². The van der Waals surface area contributed by atoms with Crippen molar-refractivity contribution in [2.24, 2.45) is 0 Å². The fourth-order valence-electron chi connectivity index (χ4n) is 1.49. The van der Waals surface area contributed by atoms with Crippen LogP contribution in [0.5, 0.6) is 5.75 Å². The highest BCUT2D eigenvalue weighted by atomic mass is 32.3. The summed E-state index contributed by atoms with van der Waals surface area (Å²) in [4.78, 5) is 0. The molecule has 0 spiro atoms. The van der Waals surface area contributed by atoms with Gasteiger partial charge in [-0.15, -0.1) is 0 Å². The highest BCUT2D eigenvalue weighted by Gasteiger charge is 2.29.